The SMILES string of the molecule is CC(NC(=O)c1ccncc1C#CCO)C(=O)N(C)C. The first kappa shape index (κ1) is 15.7. The molecule has 20 heavy (non-hydrogen) atoms. The second-order valence-corrected chi connectivity index (χ2v) is 4.31. The Labute approximate surface area is 117 Å². The van der Waals surface area contributed by atoms with Crippen LogP contribution in [0.15, 0.2) is 18.5 Å². The number of nitrogens with zero attached hydrogens (tertiary/aromatic N) is 2. The highest BCUT2D eigenvalue weighted by Gasteiger charge is 2.19. The summed E-state index contributed by atoms with van der Waals surface area (Å²) in [6, 6.07) is 0.883. The number of pyridine rings is 1. The Morgan fingerprint density at radius 2 is 2.20 bits per heavy atom. The lowest BCUT2D eigenvalue weighted by Gasteiger charge is -2.18. The number of amides is 2. The largest absolute Gasteiger partial charge is 0.384 e. The van der Waals surface area contributed by atoms with Crippen molar-refractivity contribution in [2.24, 2.45) is 0 Å². The normalized spacial score (nSPS) is 11.0. The Balaban J connectivity index is 2.90. The van der Waals surface area contributed by atoms with E-state index in [0.29, 0.717) is 11.1 Å². The zero-order valence-electron chi connectivity index (χ0n) is 11.7. The van der Waals surface area contributed by atoms with Crippen LogP contribution in [-0.4, -0.2) is 53.5 Å². The number of carbonyl (C=O) groups excluding carboxylic acids is 2. The van der Waals surface area contributed by atoms with E-state index in [0.717, 1.165) is 0 Å². The van der Waals surface area contributed by atoms with Crippen LogP contribution in [0.3, 0.4) is 0 Å². The lowest BCUT2D eigenvalue weighted by Crippen LogP contribution is -2.44. The van der Waals surface area contributed by atoms with Gasteiger partial charge in [-0.25, -0.2) is 0 Å². The molecule has 0 fully saturated rings. The summed E-state index contributed by atoms with van der Waals surface area (Å²) in [4.78, 5) is 29.1. The molecule has 1 rings (SSSR count). The predicted molar refractivity (Wildman–Crippen MR) is 73.8 cm³/mol. The minimum absolute atomic E-state index is 0.199. The Morgan fingerprint density at radius 3 is 2.80 bits per heavy atom. The molecule has 1 heterocycles. The Hall–Kier alpha value is -2.39. The van der Waals surface area contributed by atoms with E-state index < -0.39 is 11.9 Å². The fraction of sp³-hybridized carbons (Fsp3) is 0.357. The van der Waals surface area contributed by atoms with Crippen molar-refractivity contribution in [2.45, 2.75) is 13.0 Å². The molecule has 6 heteroatoms. The lowest BCUT2D eigenvalue weighted by atomic mass is 10.1. The number of likely N-dealkylation sites (N-methyl/N-ethyl adjacent to an activating group) is 1. The van der Waals surface area contributed by atoms with Crippen molar-refractivity contribution >= 4 is 11.8 Å². The average Bonchev–Trinajstić information content (AvgIpc) is 2.44. The number of aliphatic hydroxyl groups is 1. The molecular formula is C14H17N3O3. The smallest absolute Gasteiger partial charge is 0.253 e. The van der Waals surface area contributed by atoms with Gasteiger partial charge in [0.15, 0.2) is 0 Å². The van der Waals surface area contributed by atoms with Crippen molar-refractivity contribution in [2.75, 3.05) is 20.7 Å². The first-order valence-corrected chi connectivity index (χ1v) is 6.03. The third-order valence-electron chi connectivity index (χ3n) is 2.53. The van der Waals surface area contributed by atoms with Gasteiger partial charge in [-0.15, -0.1) is 0 Å². The van der Waals surface area contributed by atoms with Crippen LogP contribution in [0.25, 0.3) is 0 Å². The first-order valence-electron chi connectivity index (χ1n) is 6.03. The van der Waals surface area contributed by atoms with E-state index in [1.54, 1.807) is 21.0 Å². The highest BCUT2D eigenvalue weighted by molar-refractivity contribution is 5.99. The van der Waals surface area contributed by atoms with Gasteiger partial charge in [-0.3, -0.25) is 14.6 Å². The van der Waals surface area contributed by atoms with Gasteiger partial charge in [0.2, 0.25) is 5.91 Å². The Kier molecular flexibility index (Phi) is 5.69. The van der Waals surface area contributed by atoms with Gasteiger partial charge in [-0.2, -0.15) is 0 Å². The van der Waals surface area contributed by atoms with Gasteiger partial charge in [0.05, 0.1) is 11.1 Å². The van der Waals surface area contributed by atoms with Crippen LogP contribution in [-0.2, 0) is 4.79 Å². The summed E-state index contributed by atoms with van der Waals surface area (Å²) in [5, 5.41) is 11.3. The van der Waals surface area contributed by atoms with E-state index in [9.17, 15) is 9.59 Å². The van der Waals surface area contributed by atoms with Crippen molar-refractivity contribution in [3.63, 3.8) is 0 Å². The summed E-state index contributed by atoms with van der Waals surface area (Å²) in [6.45, 7) is 1.31. The third-order valence-corrected chi connectivity index (χ3v) is 2.53. The highest BCUT2D eigenvalue weighted by atomic mass is 16.2. The number of hydrogen-bond donors (Lipinski definition) is 2. The average molecular weight is 275 g/mol. The van der Waals surface area contributed by atoms with E-state index >= 15 is 0 Å². The molecule has 0 aliphatic carbocycles. The van der Waals surface area contributed by atoms with E-state index in [4.69, 9.17) is 5.11 Å². The summed E-state index contributed by atoms with van der Waals surface area (Å²) in [6.07, 6.45) is 2.91. The minimum Gasteiger partial charge on any atom is -0.384 e. The molecule has 0 saturated carbocycles. The molecule has 0 aliphatic rings. The van der Waals surface area contributed by atoms with Gasteiger partial charge >= 0.3 is 0 Å². The number of hydrogen-bond acceptors (Lipinski definition) is 4. The van der Waals surface area contributed by atoms with Gasteiger partial charge < -0.3 is 15.3 Å². The maximum atomic E-state index is 12.1. The molecule has 0 spiro atoms. The van der Waals surface area contributed by atoms with Crippen molar-refractivity contribution in [1.82, 2.24) is 15.2 Å². The number of aliphatic hydroxyl groups excluding tert-OH is 1. The van der Waals surface area contributed by atoms with Crippen LogP contribution >= 0.6 is 0 Å². The minimum atomic E-state index is -0.635. The fourth-order valence-corrected chi connectivity index (χ4v) is 1.55. The molecule has 1 aromatic rings. The zero-order valence-corrected chi connectivity index (χ0v) is 11.7. The maximum absolute atomic E-state index is 12.1. The van der Waals surface area contributed by atoms with E-state index in [1.807, 2.05) is 0 Å². The molecule has 2 amide bonds. The van der Waals surface area contributed by atoms with E-state index in [-0.39, 0.29) is 12.5 Å². The molecule has 0 bridgehead atoms. The van der Waals surface area contributed by atoms with Crippen LogP contribution in [0.4, 0.5) is 0 Å². The quantitative estimate of drug-likeness (QED) is 0.738. The zero-order chi connectivity index (χ0) is 15.1. The number of nitrogens with one attached hydrogen (secondary N) is 1. The van der Waals surface area contributed by atoms with E-state index in [2.05, 4.69) is 22.1 Å². The van der Waals surface area contributed by atoms with Crippen LogP contribution in [0.1, 0.15) is 22.8 Å². The molecule has 1 atom stereocenters. The summed E-state index contributed by atoms with van der Waals surface area (Å²) >= 11 is 0. The van der Waals surface area contributed by atoms with Crippen LogP contribution in [0.5, 0.6) is 0 Å². The van der Waals surface area contributed by atoms with Gasteiger partial charge in [-0.1, -0.05) is 11.8 Å². The maximum Gasteiger partial charge on any atom is 0.253 e. The second kappa shape index (κ2) is 7.26. The standard InChI is InChI=1S/C14H17N3O3/c1-10(14(20)17(2)3)16-13(19)12-6-7-15-9-11(12)5-4-8-18/h6-7,9-10,18H,8H2,1-3H3,(H,16,19). The monoisotopic (exact) mass is 275 g/mol. The second-order valence-electron chi connectivity index (χ2n) is 4.31. The van der Waals surface area contributed by atoms with Gasteiger partial charge in [-0.05, 0) is 13.0 Å². The molecule has 6 nitrogen and oxygen atoms in total. The predicted octanol–water partition coefficient (Wildman–Crippen LogP) is -0.368. The van der Waals surface area contributed by atoms with Crippen molar-refractivity contribution in [3.05, 3.63) is 29.6 Å². The first-order chi connectivity index (χ1) is 9.47. The van der Waals surface area contributed by atoms with Crippen molar-refractivity contribution in [1.29, 1.82) is 0 Å². The van der Waals surface area contributed by atoms with Crippen LogP contribution < -0.4 is 5.32 Å². The summed E-state index contributed by atoms with van der Waals surface area (Å²) in [5.41, 5.74) is 0.725. The summed E-state index contributed by atoms with van der Waals surface area (Å²) < 4.78 is 0. The Bertz CT molecular complexity index is 558. The summed E-state index contributed by atoms with van der Waals surface area (Å²) in [5.74, 6) is 4.51. The fourth-order valence-electron chi connectivity index (χ4n) is 1.55. The van der Waals surface area contributed by atoms with Gasteiger partial charge in [0.25, 0.3) is 5.91 Å². The summed E-state index contributed by atoms with van der Waals surface area (Å²) in [7, 11) is 3.24. The number of rotatable bonds is 3. The molecule has 0 radical (unpaired) electrons. The topological polar surface area (TPSA) is 82.5 Å². The molecular weight excluding hydrogens is 258 g/mol. The Morgan fingerprint density at radius 1 is 1.50 bits per heavy atom. The molecule has 0 aliphatic heterocycles. The molecule has 1 aromatic heterocycles. The lowest BCUT2D eigenvalue weighted by molar-refractivity contribution is -0.130. The highest BCUT2D eigenvalue weighted by Crippen LogP contribution is 2.06. The van der Waals surface area contributed by atoms with Crippen molar-refractivity contribution < 1.29 is 14.7 Å². The van der Waals surface area contributed by atoms with Crippen LogP contribution in [0.2, 0.25) is 0 Å². The number of carbonyl (C=O) groups is 2. The molecule has 0 saturated heterocycles. The molecule has 0 aromatic carbocycles. The third kappa shape index (κ3) is 4.07. The van der Waals surface area contributed by atoms with Gasteiger partial charge in [0.1, 0.15) is 12.6 Å². The molecule has 106 valence electrons. The van der Waals surface area contributed by atoms with Crippen LogP contribution in [0, 0.1) is 11.8 Å². The van der Waals surface area contributed by atoms with E-state index in [1.165, 1.54) is 23.4 Å². The molecule has 2 N–H and O–H groups in total. The number of aromatic nitrogens is 1. The molecule has 1 unspecified atom stereocenters. The van der Waals surface area contributed by atoms with Gasteiger partial charge in [0, 0.05) is 26.5 Å². The van der Waals surface area contributed by atoms with Crippen molar-refractivity contribution in [3.8, 4) is 11.8 Å².